The second-order valence-electron chi connectivity index (χ2n) is 5.05. The van der Waals surface area contributed by atoms with Crippen LogP contribution in [0.1, 0.15) is 33.6 Å². The minimum Gasteiger partial charge on any atom is -0.494 e. The summed E-state index contributed by atoms with van der Waals surface area (Å²) in [4.78, 5) is 0. The normalized spacial score (nSPS) is 11.4. The van der Waals surface area contributed by atoms with Gasteiger partial charge in [-0.3, -0.25) is 0 Å². The maximum absolute atomic E-state index is 5.61. The van der Waals surface area contributed by atoms with Crippen molar-refractivity contribution in [1.29, 1.82) is 0 Å². The number of hydrogen-bond acceptors (Lipinski definition) is 2. The molecule has 0 unspecified atom stereocenters. The van der Waals surface area contributed by atoms with E-state index in [-0.39, 0.29) is 5.54 Å². The Morgan fingerprint density at radius 2 is 1.75 bits per heavy atom. The molecule has 1 aromatic carbocycles. The average molecular weight is 221 g/mol. The van der Waals surface area contributed by atoms with Crippen molar-refractivity contribution in [3.8, 4) is 5.75 Å². The van der Waals surface area contributed by atoms with Gasteiger partial charge in [-0.2, -0.15) is 0 Å². The molecule has 0 saturated heterocycles. The van der Waals surface area contributed by atoms with E-state index in [1.807, 2.05) is 30.3 Å². The summed E-state index contributed by atoms with van der Waals surface area (Å²) in [5.74, 6) is 0.964. The molecule has 2 nitrogen and oxygen atoms in total. The number of nitrogens with one attached hydrogen (secondary N) is 1. The number of para-hydroxylation sites is 1. The molecule has 0 radical (unpaired) electrons. The maximum Gasteiger partial charge on any atom is 0.119 e. The lowest BCUT2D eigenvalue weighted by atomic mass is 10.1. The Hall–Kier alpha value is -1.02. The Bertz CT molecular complexity index is 277. The highest BCUT2D eigenvalue weighted by Crippen LogP contribution is 2.08. The van der Waals surface area contributed by atoms with Crippen LogP contribution in [0.2, 0.25) is 0 Å². The van der Waals surface area contributed by atoms with Gasteiger partial charge in [0.25, 0.3) is 0 Å². The highest BCUT2D eigenvalue weighted by atomic mass is 16.5. The average Bonchev–Trinajstić information content (AvgIpc) is 2.23. The summed E-state index contributed by atoms with van der Waals surface area (Å²) in [6.07, 6.45) is 2.25. The molecule has 1 aromatic rings. The zero-order valence-corrected chi connectivity index (χ0v) is 10.6. The van der Waals surface area contributed by atoms with Crippen LogP contribution in [0.5, 0.6) is 5.75 Å². The van der Waals surface area contributed by atoms with Gasteiger partial charge in [-0.15, -0.1) is 0 Å². The first-order valence-electron chi connectivity index (χ1n) is 6.01. The number of ether oxygens (including phenoxy) is 1. The molecule has 90 valence electrons. The molecule has 0 bridgehead atoms. The zero-order chi connectivity index (χ0) is 11.9. The lowest BCUT2D eigenvalue weighted by molar-refractivity contribution is 0.301. The molecule has 0 aliphatic rings. The lowest BCUT2D eigenvalue weighted by Crippen LogP contribution is -2.36. The predicted molar refractivity (Wildman–Crippen MR) is 68.9 cm³/mol. The fourth-order valence-corrected chi connectivity index (χ4v) is 1.40. The van der Waals surface area contributed by atoms with Gasteiger partial charge in [-0.05, 0) is 52.3 Å². The van der Waals surface area contributed by atoms with E-state index in [0.717, 1.165) is 31.7 Å². The number of hydrogen-bond donors (Lipinski definition) is 1. The van der Waals surface area contributed by atoms with Gasteiger partial charge < -0.3 is 10.1 Å². The van der Waals surface area contributed by atoms with Crippen molar-refractivity contribution in [1.82, 2.24) is 5.32 Å². The second kappa shape index (κ2) is 6.54. The molecular formula is C14H23NO. The van der Waals surface area contributed by atoms with Gasteiger partial charge in [0.05, 0.1) is 6.61 Å². The first kappa shape index (κ1) is 13.0. The van der Waals surface area contributed by atoms with E-state index in [2.05, 4.69) is 26.1 Å². The maximum atomic E-state index is 5.61. The molecule has 0 aliphatic carbocycles. The number of unbranched alkanes of at least 4 members (excludes halogenated alkanes) is 1. The van der Waals surface area contributed by atoms with E-state index in [9.17, 15) is 0 Å². The van der Waals surface area contributed by atoms with Gasteiger partial charge in [0.1, 0.15) is 5.75 Å². The molecule has 0 aliphatic heterocycles. The van der Waals surface area contributed by atoms with Crippen molar-refractivity contribution in [3.05, 3.63) is 30.3 Å². The molecule has 0 heterocycles. The van der Waals surface area contributed by atoms with Crippen LogP contribution in [0, 0.1) is 0 Å². The highest BCUT2D eigenvalue weighted by Gasteiger charge is 2.06. The van der Waals surface area contributed by atoms with Gasteiger partial charge >= 0.3 is 0 Å². The molecule has 0 spiro atoms. The molecule has 0 atom stereocenters. The summed E-state index contributed by atoms with van der Waals surface area (Å²) >= 11 is 0. The molecule has 0 amide bonds. The Morgan fingerprint density at radius 3 is 2.38 bits per heavy atom. The molecule has 2 heteroatoms. The first-order valence-corrected chi connectivity index (χ1v) is 6.01. The van der Waals surface area contributed by atoms with Gasteiger partial charge in [-0.1, -0.05) is 18.2 Å². The summed E-state index contributed by atoms with van der Waals surface area (Å²) in [5.41, 5.74) is 0.223. The molecule has 0 saturated carbocycles. The standard InChI is InChI=1S/C14H23NO/c1-14(2,3)15-11-7-8-12-16-13-9-5-4-6-10-13/h4-6,9-10,15H,7-8,11-12H2,1-3H3. The third-order valence-corrected chi connectivity index (χ3v) is 2.24. The van der Waals surface area contributed by atoms with Crippen LogP contribution in [0.3, 0.4) is 0 Å². The minimum absolute atomic E-state index is 0.223. The lowest BCUT2D eigenvalue weighted by Gasteiger charge is -2.20. The molecular weight excluding hydrogens is 198 g/mol. The van der Waals surface area contributed by atoms with Gasteiger partial charge in [0.15, 0.2) is 0 Å². The molecule has 0 fully saturated rings. The fraction of sp³-hybridized carbons (Fsp3) is 0.571. The predicted octanol–water partition coefficient (Wildman–Crippen LogP) is 3.23. The van der Waals surface area contributed by atoms with Crippen LogP contribution < -0.4 is 10.1 Å². The van der Waals surface area contributed by atoms with Crippen LogP contribution in [0.15, 0.2) is 30.3 Å². The highest BCUT2D eigenvalue weighted by molar-refractivity contribution is 5.20. The van der Waals surface area contributed by atoms with E-state index in [4.69, 9.17) is 4.74 Å². The van der Waals surface area contributed by atoms with Crippen molar-refractivity contribution >= 4 is 0 Å². The van der Waals surface area contributed by atoms with Crippen molar-refractivity contribution < 1.29 is 4.74 Å². The Balaban J connectivity index is 2.01. The number of rotatable bonds is 6. The van der Waals surface area contributed by atoms with Crippen LogP contribution in [-0.4, -0.2) is 18.7 Å². The summed E-state index contributed by atoms with van der Waals surface area (Å²) in [6.45, 7) is 8.42. The van der Waals surface area contributed by atoms with E-state index in [0.29, 0.717) is 0 Å². The smallest absolute Gasteiger partial charge is 0.119 e. The van der Waals surface area contributed by atoms with Crippen molar-refractivity contribution in [2.75, 3.05) is 13.2 Å². The monoisotopic (exact) mass is 221 g/mol. The van der Waals surface area contributed by atoms with Crippen LogP contribution in [0.25, 0.3) is 0 Å². The number of benzene rings is 1. The van der Waals surface area contributed by atoms with E-state index in [1.165, 1.54) is 0 Å². The fourth-order valence-electron chi connectivity index (χ4n) is 1.40. The summed E-state index contributed by atoms with van der Waals surface area (Å²) < 4.78 is 5.61. The van der Waals surface area contributed by atoms with Crippen LogP contribution in [-0.2, 0) is 0 Å². The molecule has 1 N–H and O–H groups in total. The summed E-state index contributed by atoms with van der Waals surface area (Å²) in [6, 6.07) is 9.98. The Labute approximate surface area is 99.0 Å². The van der Waals surface area contributed by atoms with Gasteiger partial charge in [0, 0.05) is 5.54 Å². The van der Waals surface area contributed by atoms with Crippen molar-refractivity contribution in [2.45, 2.75) is 39.2 Å². The first-order chi connectivity index (χ1) is 7.58. The quantitative estimate of drug-likeness (QED) is 0.745. The minimum atomic E-state index is 0.223. The zero-order valence-electron chi connectivity index (χ0n) is 10.6. The van der Waals surface area contributed by atoms with Crippen LogP contribution in [0.4, 0.5) is 0 Å². The topological polar surface area (TPSA) is 21.3 Å². The van der Waals surface area contributed by atoms with Crippen molar-refractivity contribution in [2.24, 2.45) is 0 Å². The Kier molecular flexibility index (Phi) is 5.33. The third-order valence-electron chi connectivity index (χ3n) is 2.24. The SMILES string of the molecule is CC(C)(C)NCCCCOc1ccccc1. The molecule has 0 aromatic heterocycles. The Morgan fingerprint density at radius 1 is 1.06 bits per heavy atom. The van der Waals surface area contributed by atoms with Gasteiger partial charge in [0.2, 0.25) is 0 Å². The largest absolute Gasteiger partial charge is 0.494 e. The summed E-state index contributed by atoms with van der Waals surface area (Å²) in [7, 11) is 0. The van der Waals surface area contributed by atoms with E-state index >= 15 is 0 Å². The van der Waals surface area contributed by atoms with Crippen molar-refractivity contribution in [3.63, 3.8) is 0 Å². The third kappa shape index (κ3) is 6.46. The van der Waals surface area contributed by atoms with Crippen LogP contribution >= 0.6 is 0 Å². The summed E-state index contributed by atoms with van der Waals surface area (Å²) in [5, 5.41) is 3.46. The molecule has 1 rings (SSSR count). The van der Waals surface area contributed by atoms with E-state index < -0.39 is 0 Å². The molecule has 16 heavy (non-hydrogen) atoms. The van der Waals surface area contributed by atoms with E-state index in [1.54, 1.807) is 0 Å². The second-order valence-corrected chi connectivity index (χ2v) is 5.05. The van der Waals surface area contributed by atoms with Gasteiger partial charge in [-0.25, -0.2) is 0 Å².